The van der Waals surface area contributed by atoms with Gasteiger partial charge < -0.3 is 10.3 Å². The van der Waals surface area contributed by atoms with Gasteiger partial charge in [0, 0.05) is 44.1 Å². The molecule has 1 fully saturated rings. The first-order chi connectivity index (χ1) is 6.38. The van der Waals surface area contributed by atoms with Gasteiger partial charge in [-0.25, -0.2) is 0 Å². The number of H-pyrrole nitrogens is 1. The Morgan fingerprint density at radius 3 is 2.77 bits per heavy atom. The summed E-state index contributed by atoms with van der Waals surface area (Å²) >= 11 is 0. The van der Waals surface area contributed by atoms with Gasteiger partial charge in [-0.2, -0.15) is 0 Å². The summed E-state index contributed by atoms with van der Waals surface area (Å²) in [5.41, 5.74) is 1.32. The molecule has 1 aliphatic rings. The molecule has 0 aromatic carbocycles. The van der Waals surface area contributed by atoms with Gasteiger partial charge in [0.2, 0.25) is 0 Å². The van der Waals surface area contributed by atoms with Gasteiger partial charge in [0.1, 0.15) is 0 Å². The Morgan fingerprint density at radius 2 is 2.15 bits per heavy atom. The molecule has 1 aromatic rings. The highest BCUT2D eigenvalue weighted by molar-refractivity contribution is 5.08. The molecule has 1 aliphatic heterocycles. The van der Waals surface area contributed by atoms with Crippen LogP contribution in [0.2, 0.25) is 0 Å². The molecule has 1 saturated heterocycles. The quantitative estimate of drug-likeness (QED) is 0.709. The molecule has 1 atom stereocenters. The van der Waals surface area contributed by atoms with Gasteiger partial charge in [-0.05, 0) is 19.1 Å². The molecule has 13 heavy (non-hydrogen) atoms. The van der Waals surface area contributed by atoms with Crippen molar-refractivity contribution in [2.24, 2.45) is 0 Å². The van der Waals surface area contributed by atoms with Gasteiger partial charge in [-0.3, -0.25) is 4.90 Å². The van der Waals surface area contributed by atoms with E-state index in [1.54, 1.807) is 0 Å². The van der Waals surface area contributed by atoms with Gasteiger partial charge in [0.15, 0.2) is 0 Å². The molecule has 0 radical (unpaired) electrons. The third-order valence-corrected chi connectivity index (χ3v) is 2.77. The molecule has 0 aliphatic carbocycles. The molecular weight excluding hydrogens is 162 g/mol. The van der Waals surface area contributed by atoms with Crippen LogP contribution in [0.5, 0.6) is 0 Å². The lowest BCUT2D eigenvalue weighted by atomic mass is 10.2. The third-order valence-electron chi connectivity index (χ3n) is 2.77. The van der Waals surface area contributed by atoms with Crippen molar-refractivity contribution >= 4 is 0 Å². The summed E-state index contributed by atoms with van der Waals surface area (Å²) in [6, 6.07) is 4.75. The molecule has 3 nitrogen and oxygen atoms in total. The van der Waals surface area contributed by atoms with E-state index in [9.17, 15) is 0 Å². The van der Waals surface area contributed by atoms with Gasteiger partial charge in [-0.15, -0.1) is 0 Å². The van der Waals surface area contributed by atoms with Crippen molar-refractivity contribution < 1.29 is 0 Å². The summed E-state index contributed by atoms with van der Waals surface area (Å²) in [5.74, 6) is 0. The summed E-state index contributed by atoms with van der Waals surface area (Å²) in [6.07, 6.45) is 1.99. The van der Waals surface area contributed by atoms with Gasteiger partial charge in [-0.1, -0.05) is 0 Å². The van der Waals surface area contributed by atoms with E-state index in [1.165, 1.54) is 5.69 Å². The van der Waals surface area contributed by atoms with Crippen molar-refractivity contribution in [2.45, 2.75) is 13.0 Å². The second-order valence-corrected chi connectivity index (χ2v) is 3.59. The number of nitrogens with zero attached hydrogens (tertiary/aromatic N) is 1. The van der Waals surface area contributed by atoms with Gasteiger partial charge in [0.05, 0.1) is 0 Å². The van der Waals surface area contributed by atoms with Crippen molar-refractivity contribution in [1.82, 2.24) is 15.2 Å². The number of piperazine rings is 1. The first kappa shape index (κ1) is 8.78. The highest BCUT2D eigenvalue weighted by Gasteiger charge is 2.17. The maximum absolute atomic E-state index is 3.36. The lowest BCUT2D eigenvalue weighted by Crippen LogP contribution is -2.44. The fourth-order valence-corrected chi connectivity index (χ4v) is 1.87. The van der Waals surface area contributed by atoms with E-state index < -0.39 is 0 Å². The zero-order chi connectivity index (χ0) is 9.10. The number of aromatic amines is 1. The second kappa shape index (κ2) is 3.94. The van der Waals surface area contributed by atoms with Crippen molar-refractivity contribution in [3.63, 3.8) is 0 Å². The van der Waals surface area contributed by atoms with E-state index in [2.05, 4.69) is 34.3 Å². The van der Waals surface area contributed by atoms with Crippen LogP contribution in [-0.2, 0) is 0 Å². The summed E-state index contributed by atoms with van der Waals surface area (Å²) in [6.45, 7) is 6.80. The topological polar surface area (TPSA) is 31.1 Å². The van der Waals surface area contributed by atoms with Crippen molar-refractivity contribution in [3.8, 4) is 0 Å². The van der Waals surface area contributed by atoms with E-state index >= 15 is 0 Å². The minimum Gasteiger partial charge on any atom is -0.364 e. The average molecular weight is 179 g/mol. The Kier molecular flexibility index (Phi) is 2.66. The van der Waals surface area contributed by atoms with Crippen LogP contribution in [-0.4, -0.2) is 36.1 Å². The largest absolute Gasteiger partial charge is 0.364 e. The number of nitrogens with one attached hydrogen (secondary N) is 2. The molecule has 3 heteroatoms. The highest BCUT2D eigenvalue weighted by Crippen LogP contribution is 2.17. The molecule has 2 N–H and O–H groups in total. The second-order valence-electron chi connectivity index (χ2n) is 3.59. The van der Waals surface area contributed by atoms with Crippen LogP contribution in [0.3, 0.4) is 0 Å². The number of aromatic nitrogens is 1. The summed E-state index contributed by atoms with van der Waals surface area (Å²) in [4.78, 5) is 5.77. The summed E-state index contributed by atoms with van der Waals surface area (Å²) in [5, 5.41) is 3.36. The Hall–Kier alpha value is -0.800. The zero-order valence-corrected chi connectivity index (χ0v) is 8.09. The molecule has 2 rings (SSSR count). The van der Waals surface area contributed by atoms with Crippen LogP contribution in [0.4, 0.5) is 0 Å². The third kappa shape index (κ3) is 1.92. The van der Waals surface area contributed by atoms with Crippen molar-refractivity contribution in [1.29, 1.82) is 0 Å². The Labute approximate surface area is 79.1 Å². The van der Waals surface area contributed by atoms with Gasteiger partial charge >= 0.3 is 0 Å². The first-order valence-electron chi connectivity index (χ1n) is 4.96. The molecule has 72 valence electrons. The van der Waals surface area contributed by atoms with E-state index in [4.69, 9.17) is 0 Å². The normalized spacial score (nSPS) is 21.6. The predicted molar refractivity (Wildman–Crippen MR) is 53.7 cm³/mol. The Bertz CT molecular complexity index is 237. The SMILES string of the molecule is CC(c1ccc[nH]1)N1CCNCC1. The van der Waals surface area contributed by atoms with Crippen molar-refractivity contribution in [2.75, 3.05) is 26.2 Å². The van der Waals surface area contributed by atoms with E-state index in [0.29, 0.717) is 6.04 Å². The fourth-order valence-electron chi connectivity index (χ4n) is 1.87. The lowest BCUT2D eigenvalue weighted by molar-refractivity contribution is 0.183. The Balaban J connectivity index is 1.99. The van der Waals surface area contributed by atoms with Crippen LogP contribution < -0.4 is 5.32 Å². The molecule has 1 aromatic heterocycles. The molecule has 0 saturated carbocycles. The zero-order valence-electron chi connectivity index (χ0n) is 8.09. The van der Waals surface area contributed by atoms with Crippen LogP contribution in [0.15, 0.2) is 18.3 Å². The number of hydrogen-bond donors (Lipinski definition) is 2. The van der Waals surface area contributed by atoms with Crippen LogP contribution in [0, 0.1) is 0 Å². The minimum absolute atomic E-state index is 0.525. The predicted octanol–water partition coefficient (Wildman–Crippen LogP) is 0.981. The minimum atomic E-state index is 0.525. The van der Waals surface area contributed by atoms with E-state index in [0.717, 1.165) is 26.2 Å². The fraction of sp³-hybridized carbons (Fsp3) is 0.600. The van der Waals surface area contributed by atoms with Gasteiger partial charge in [0.25, 0.3) is 0 Å². The first-order valence-corrected chi connectivity index (χ1v) is 4.96. The maximum Gasteiger partial charge on any atom is 0.0471 e. The molecular formula is C10H17N3. The summed E-state index contributed by atoms with van der Waals surface area (Å²) in [7, 11) is 0. The number of hydrogen-bond acceptors (Lipinski definition) is 2. The molecule has 0 amide bonds. The maximum atomic E-state index is 3.36. The molecule has 0 spiro atoms. The van der Waals surface area contributed by atoms with E-state index in [-0.39, 0.29) is 0 Å². The Morgan fingerprint density at radius 1 is 1.38 bits per heavy atom. The van der Waals surface area contributed by atoms with Crippen LogP contribution in [0.25, 0.3) is 0 Å². The van der Waals surface area contributed by atoms with E-state index in [1.807, 2.05) is 6.20 Å². The number of rotatable bonds is 2. The monoisotopic (exact) mass is 179 g/mol. The standard InChI is InChI=1S/C10H17N3/c1-9(10-3-2-4-12-10)13-7-5-11-6-8-13/h2-4,9,11-12H,5-8H2,1H3. The summed E-state index contributed by atoms with van der Waals surface area (Å²) < 4.78 is 0. The molecule has 0 bridgehead atoms. The molecule has 2 heterocycles. The molecule has 1 unspecified atom stereocenters. The lowest BCUT2D eigenvalue weighted by Gasteiger charge is -2.32. The van der Waals surface area contributed by atoms with Crippen LogP contribution >= 0.6 is 0 Å². The smallest absolute Gasteiger partial charge is 0.0471 e. The van der Waals surface area contributed by atoms with Crippen LogP contribution in [0.1, 0.15) is 18.7 Å². The average Bonchev–Trinajstić information content (AvgIpc) is 2.71. The van der Waals surface area contributed by atoms with Crippen molar-refractivity contribution in [3.05, 3.63) is 24.0 Å². The highest BCUT2D eigenvalue weighted by atomic mass is 15.2.